The van der Waals surface area contributed by atoms with Crippen molar-refractivity contribution in [3.8, 4) is 0 Å². The molecule has 0 saturated carbocycles. The highest BCUT2D eigenvalue weighted by Crippen LogP contribution is 2.13. The van der Waals surface area contributed by atoms with Gasteiger partial charge in [-0.1, -0.05) is 64.2 Å². The average Bonchev–Trinajstić information content (AvgIpc) is 3.64. The molecular formula is C34H56N3O11+. The highest BCUT2D eigenvalue weighted by Gasteiger charge is 2.29. The SMILES string of the molecule is O=C(CCCCCCCCCCO[N+](=O)OCCCCCCCCCCC(=O)CC(=O)NC1CCOC1=O)CC(=O)NC1CCOC1=O. The summed E-state index contributed by atoms with van der Waals surface area (Å²) < 4.78 is 9.58. The molecule has 14 nitrogen and oxygen atoms in total. The third-order valence-electron chi connectivity index (χ3n) is 8.35. The van der Waals surface area contributed by atoms with Gasteiger partial charge in [-0.05, 0) is 38.5 Å². The van der Waals surface area contributed by atoms with E-state index in [-0.39, 0.29) is 29.5 Å². The third-order valence-corrected chi connectivity index (χ3v) is 8.35. The summed E-state index contributed by atoms with van der Waals surface area (Å²) in [5.41, 5.74) is 0. The molecule has 2 aliphatic heterocycles. The Kier molecular flexibility index (Phi) is 21.5. The molecule has 2 atom stereocenters. The number of unbranched alkanes of at least 4 members (excludes halogenated alkanes) is 14. The first-order chi connectivity index (χ1) is 23.2. The van der Waals surface area contributed by atoms with Crippen molar-refractivity contribution in [1.82, 2.24) is 10.6 Å². The first-order valence-corrected chi connectivity index (χ1v) is 17.9. The minimum Gasteiger partial charge on any atom is -0.464 e. The van der Waals surface area contributed by atoms with Gasteiger partial charge in [0.25, 0.3) is 0 Å². The van der Waals surface area contributed by atoms with E-state index in [1.54, 1.807) is 0 Å². The fraction of sp³-hybridized carbons (Fsp3) is 0.824. The second-order valence-corrected chi connectivity index (χ2v) is 12.6. The Hall–Kier alpha value is -3.58. The Morgan fingerprint density at radius 1 is 0.562 bits per heavy atom. The van der Waals surface area contributed by atoms with Gasteiger partial charge in [0.15, 0.2) is 13.2 Å². The number of Topliss-reactive ketones (excluding diaryl/α,β-unsaturated/α-hetero) is 2. The maximum Gasteiger partial charge on any atom is 0.477 e. The fourth-order valence-corrected chi connectivity index (χ4v) is 5.56. The van der Waals surface area contributed by atoms with E-state index in [1.165, 1.54) is 0 Å². The first kappa shape index (κ1) is 40.6. The average molecular weight is 683 g/mol. The van der Waals surface area contributed by atoms with Crippen molar-refractivity contribution in [2.75, 3.05) is 26.4 Å². The van der Waals surface area contributed by atoms with Gasteiger partial charge in [0, 0.05) is 25.7 Å². The Balaban J connectivity index is 1.25. The molecule has 0 bridgehead atoms. The van der Waals surface area contributed by atoms with Crippen molar-refractivity contribution in [3.63, 3.8) is 0 Å². The number of ketones is 2. The Bertz CT molecular complexity index is 958. The zero-order chi connectivity index (χ0) is 34.8. The molecule has 272 valence electrons. The number of nitrogens with one attached hydrogen (secondary N) is 2. The van der Waals surface area contributed by atoms with E-state index in [4.69, 9.17) is 19.1 Å². The number of hydrogen-bond donors (Lipinski definition) is 2. The summed E-state index contributed by atoms with van der Waals surface area (Å²) in [6, 6.07) is -1.25. The van der Waals surface area contributed by atoms with Crippen molar-refractivity contribution in [2.45, 2.75) is 153 Å². The van der Waals surface area contributed by atoms with Crippen LogP contribution in [0, 0.1) is 4.91 Å². The van der Waals surface area contributed by atoms with Gasteiger partial charge < -0.3 is 20.1 Å². The monoisotopic (exact) mass is 682 g/mol. The van der Waals surface area contributed by atoms with Crippen molar-refractivity contribution < 1.29 is 53.0 Å². The number of amides is 2. The smallest absolute Gasteiger partial charge is 0.464 e. The Morgan fingerprint density at radius 3 is 1.23 bits per heavy atom. The van der Waals surface area contributed by atoms with Crippen molar-refractivity contribution in [1.29, 1.82) is 0 Å². The number of esters is 2. The molecule has 2 amide bonds. The topological polar surface area (TPSA) is 183 Å². The van der Waals surface area contributed by atoms with Crippen LogP contribution in [-0.4, -0.2) is 78.9 Å². The molecule has 2 heterocycles. The summed E-state index contributed by atoms with van der Waals surface area (Å²) in [6.45, 7) is 1.24. The lowest BCUT2D eigenvalue weighted by Crippen LogP contribution is -2.38. The van der Waals surface area contributed by atoms with Crippen LogP contribution in [0.5, 0.6) is 0 Å². The van der Waals surface area contributed by atoms with Gasteiger partial charge in [-0.15, -0.1) is 0 Å². The zero-order valence-corrected chi connectivity index (χ0v) is 28.5. The minimum absolute atomic E-state index is 0.111. The van der Waals surface area contributed by atoms with Crippen molar-refractivity contribution in [3.05, 3.63) is 4.91 Å². The van der Waals surface area contributed by atoms with Crippen LogP contribution >= 0.6 is 0 Å². The van der Waals surface area contributed by atoms with Crippen LogP contribution in [0.3, 0.4) is 0 Å². The van der Waals surface area contributed by atoms with E-state index < -0.39 is 35.8 Å². The number of nitrogens with zero attached hydrogens (tertiary/aromatic N) is 1. The van der Waals surface area contributed by atoms with Crippen LogP contribution in [0.4, 0.5) is 0 Å². The highest BCUT2D eigenvalue weighted by molar-refractivity contribution is 6.00. The van der Waals surface area contributed by atoms with Gasteiger partial charge in [0.05, 0.1) is 26.1 Å². The number of hydrogen-bond acceptors (Lipinski definition) is 11. The van der Waals surface area contributed by atoms with Gasteiger partial charge in [-0.2, -0.15) is 9.68 Å². The van der Waals surface area contributed by atoms with E-state index in [9.17, 15) is 33.7 Å². The predicted molar refractivity (Wildman–Crippen MR) is 173 cm³/mol. The molecule has 0 spiro atoms. The summed E-state index contributed by atoms with van der Waals surface area (Å²) in [7, 11) is 0. The van der Waals surface area contributed by atoms with Crippen LogP contribution < -0.4 is 10.6 Å². The summed E-state index contributed by atoms with van der Waals surface area (Å²) in [4.78, 5) is 92.2. The zero-order valence-electron chi connectivity index (χ0n) is 28.5. The predicted octanol–water partition coefficient (Wildman–Crippen LogP) is 4.43. The van der Waals surface area contributed by atoms with E-state index in [0.29, 0.717) is 52.1 Å². The van der Waals surface area contributed by atoms with Gasteiger partial charge >= 0.3 is 17.0 Å². The van der Waals surface area contributed by atoms with E-state index in [1.807, 2.05) is 0 Å². The molecule has 14 heteroatoms. The molecule has 0 aromatic heterocycles. The molecule has 2 rings (SSSR count). The Morgan fingerprint density at radius 2 is 0.896 bits per heavy atom. The van der Waals surface area contributed by atoms with E-state index >= 15 is 0 Å². The number of carbonyl (C=O) groups is 6. The molecule has 2 fully saturated rings. The quantitative estimate of drug-likeness (QED) is 0.0473. The van der Waals surface area contributed by atoms with Crippen molar-refractivity contribution in [2.24, 2.45) is 0 Å². The molecule has 0 aromatic carbocycles. The van der Waals surface area contributed by atoms with Gasteiger partial charge in [-0.25, -0.2) is 9.59 Å². The number of rotatable bonds is 30. The van der Waals surface area contributed by atoms with Crippen LogP contribution in [0.2, 0.25) is 0 Å². The first-order valence-electron chi connectivity index (χ1n) is 17.9. The molecule has 0 radical (unpaired) electrons. The van der Waals surface area contributed by atoms with Crippen LogP contribution in [-0.2, 0) is 47.9 Å². The second kappa shape index (κ2) is 25.4. The largest absolute Gasteiger partial charge is 0.477 e. The lowest BCUT2D eigenvalue weighted by Gasteiger charge is -2.08. The highest BCUT2D eigenvalue weighted by atomic mass is 17.0. The third kappa shape index (κ3) is 19.9. The fourth-order valence-electron chi connectivity index (χ4n) is 5.56. The summed E-state index contributed by atoms with van der Waals surface area (Å²) in [6.07, 6.45) is 16.6. The van der Waals surface area contributed by atoms with E-state index in [2.05, 4.69) is 10.6 Å². The number of ether oxygens (including phenoxy) is 2. The Labute approximate surface area is 283 Å². The summed E-state index contributed by atoms with van der Waals surface area (Å²) in [5.74, 6) is -1.93. The number of carbonyl (C=O) groups excluding carboxylic acids is 6. The molecule has 48 heavy (non-hydrogen) atoms. The van der Waals surface area contributed by atoms with Crippen LogP contribution in [0.25, 0.3) is 0 Å². The summed E-state index contributed by atoms with van der Waals surface area (Å²) in [5, 5.41) is 5.31. The molecule has 0 aromatic rings. The molecular weight excluding hydrogens is 626 g/mol. The van der Waals surface area contributed by atoms with E-state index in [0.717, 1.165) is 103 Å². The minimum atomic E-state index is -0.623. The van der Waals surface area contributed by atoms with Gasteiger partial charge in [0.1, 0.15) is 28.6 Å². The molecule has 2 saturated heterocycles. The lowest BCUT2D eigenvalue weighted by molar-refractivity contribution is -0.981. The van der Waals surface area contributed by atoms with Crippen LogP contribution in [0.15, 0.2) is 0 Å². The molecule has 2 unspecified atom stereocenters. The number of cyclic esters (lactones) is 2. The van der Waals surface area contributed by atoms with Crippen LogP contribution in [0.1, 0.15) is 141 Å². The molecule has 2 aliphatic rings. The lowest BCUT2D eigenvalue weighted by atomic mass is 10.0. The standard InChI is InChI=1S/C34H55N3O11/c38-27(25-31(40)35-29-19-23-45-33(29)42)17-13-9-5-1-3-7-11-15-21-47-37(44)48-22-16-12-8-4-2-6-10-14-18-28(39)26-32(41)36-30-20-24-46-34(30)43/h29-30H,1-26H2,(H-,35,36,40,41)/p+1. The maximum atomic E-state index is 12.0. The molecule has 2 N–H and O–H groups in total. The molecule has 0 aliphatic carbocycles. The van der Waals surface area contributed by atoms with Gasteiger partial charge in [0.2, 0.25) is 11.8 Å². The summed E-state index contributed by atoms with van der Waals surface area (Å²) >= 11 is 0. The normalized spacial score (nSPS) is 17.0. The van der Waals surface area contributed by atoms with Crippen molar-refractivity contribution >= 4 is 35.3 Å². The maximum absolute atomic E-state index is 12.0. The second-order valence-electron chi connectivity index (χ2n) is 12.6. The van der Waals surface area contributed by atoms with Gasteiger partial charge in [-0.3, -0.25) is 19.2 Å².